The highest BCUT2D eigenvalue weighted by molar-refractivity contribution is 5.27. The van der Waals surface area contributed by atoms with E-state index in [4.69, 9.17) is 0 Å². The van der Waals surface area contributed by atoms with Crippen LogP contribution in [0.1, 0.15) is 48.2 Å². The second-order valence-electron chi connectivity index (χ2n) is 6.94. The van der Waals surface area contributed by atoms with Gasteiger partial charge in [-0.2, -0.15) is 0 Å². The molecule has 0 saturated heterocycles. The number of aromatic nitrogens is 4. The van der Waals surface area contributed by atoms with Crippen LogP contribution in [0.3, 0.4) is 0 Å². The van der Waals surface area contributed by atoms with Crippen molar-refractivity contribution in [1.29, 1.82) is 0 Å². The fourth-order valence-electron chi connectivity index (χ4n) is 3.66. The molecular weight excluding hydrogens is 341 g/mol. The Balaban J connectivity index is 1.48. The first-order chi connectivity index (χ1) is 13.3. The van der Waals surface area contributed by atoms with Crippen LogP contribution in [0, 0.1) is 5.82 Å². The molecule has 0 fully saturated rings. The van der Waals surface area contributed by atoms with E-state index >= 15 is 0 Å². The average molecular weight is 365 g/mol. The highest BCUT2D eigenvalue weighted by Gasteiger charge is 2.17. The third-order valence-electron chi connectivity index (χ3n) is 5.06. The third-order valence-corrected chi connectivity index (χ3v) is 5.06. The summed E-state index contributed by atoms with van der Waals surface area (Å²) in [5.74, 6) is 1.83. The van der Waals surface area contributed by atoms with Crippen molar-refractivity contribution in [2.75, 3.05) is 6.54 Å². The Morgan fingerprint density at radius 3 is 2.74 bits per heavy atom. The lowest BCUT2D eigenvalue weighted by atomic mass is 10.0. The predicted octanol–water partition coefficient (Wildman–Crippen LogP) is 3.46. The van der Waals surface area contributed by atoms with Gasteiger partial charge in [-0.15, -0.1) is 10.2 Å². The molecule has 4 rings (SSSR count). The zero-order valence-electron chi connectivity index (χ0n) is 15.3. The van der Waals surface area contributed by atoms with E-state index in [0.29, 0.717) is 0 Å². The van der Waals surface area contributed by atoms with Crippen LogP contribution in [-0.4, -0.2) is 26.3 Å². The number of fused-ring (bicyclic) bond motifs is 1. The monoisotopic (exact) mass is 365 g/mol. The van der Waals surface area contributed by atoms with E-state index < -0.39 is 0 Å². The second-order valence-corrected chi connectivity index (χ2v) is 6.94. The Bertz CT molecular complexity index is 860. The van der Waals surface area contributed by atoms with Crippen molar-refractivity contribution in [3.05, 3.63) is 77.4 Å². The van der Waals surface area contributed by atoms with Gasteiger partial charge in [-0.1, -0.05) is 36.8 Å². The maximum atomic E-state index is 13.3. The number of aryl methyl sites for hydroxylation is 1. The van der Waals surface area contributed by atoms with Gasteiger partial charge in [0.1, 0.15) is 17.5 Å². The average Bonchev–Trinajstić information content (AvgIpc) is 2.93. The van der Waals surface area contributed by atoms with Gasteiger partial charge in [-0.25, -0.2) is 4.39 Å². The van der Waals surface area contributed by atoms with Gasteiger partial charge in [0.2, 0.25) is 0 Å². The van der Waals surface area contributed by atoms with Crippen molar-refractivity contribution in [1.82, 2.24) is 25.1 Å². The van der Waals surface area contributed by atoms with Gasteiger partial charge in [-0.3, -0.25) is 4.98 Å². The minimum Gasteiger partial charge on any atom is -0.315 e. The SMILES string of the molecule is Fc1ccc(C(NCCc2nnc3n2CCCCC3)c2ccccc2)nc1. The highest BCUT2D eigenvalue weighted by atomic mass is 19.1. The first-order valence-electron chi connectivity index (χ1n) is 9.62. The molecule has 0 bridgehead atoms. The maximum Gasteiger partial charge on any atom is 0.141 e. The van der Waals surface area contributed by atoms with E-state index in [0.717, 1.165) is 48.8 Å². The number of nitrogens with zero attached hydrogens (tertiary/aromatic N) is 4. The summed E-state index contributed by atoms with van der Waals surface area (Å²) in [6.45, 7) is 1.76. The van der Waals surface area contributed by atoms with E-state index in [-0.39, 0.29) is 11.9 Å². The van der Waals surface area contributed by atoms with Crippen LogP contribution in [0.15, 0.2) is 48.7 Å². The number of hydrogen-bond donors (Lipinski definition) is 1. The Kier molecular flexibility index (Phi) is 5.53. The molecule has 0 aliphatic carbocycles. The molecule has 1 unspecified atom stereocenters. The number of rotatable bonds is 6. The largest absolute Gasteiger partial charge is 0.315 e. The predicted molar refractivity (Wildman–Crippen MR) is 102 cm³/mol. The molecule has 0 spiro atoms. The van der Waals surface area contributed by atoms with E-state index in [2.05, 4.69) is 37.2 Å². The molecule has 1 aliphatic heterocycles. The van der Waals surface area contributed by atoms with Crippen molar-refractivity contribution in [3.63, 3.8) is 0 Å². The van der Waals surface area contributed by atoms with E-state index in [1.165, 1.54) is 31.5 Å². The quantitative estimate of drug-likeness (QED) is 0.727. The Hall–Kier alpha value is -2.60. The first-order valence-corrected chi connectivity index (χ1v) is 9.62. The molecule has 0 amide bonds. The molecule has 1 aromatic carbocycles. The minimum atomic E-state index is -0.322. The molecule has 5 nitrogen and oxygen atoms in total. The smallest absolute Gasteiger partial charge is 0.141 e. The summed E-state index contributed by atoms with van der Waals surface area (Å²) in [7, 11) is 0. The van der Waals surface area contributed by atoms with E-state index in [1.807, 2.05) is 18.2 Å². The van der Waals surface area contributed by atoms with Gasteiger partial charge in [0, 0.05) is 25.9 Å². The zero-order chi connectivity index (χ0) is 18.5. The summed E-state index contributed by atoms with van der Waals surface area (Å²) in [5, 5.41) is 12.3. The van der Waals surface area contributed by atoms with E-state index in [9.17, 15) is 4.39 Å². The van der Waals surface area contributed by atoms with Crippen molar-refractivity contribution in [3.8, 4) is 0 Å². The number of pyridine rings is 1. The van der Waals surface area contributed by atoms with Gasteiger partial charge < -0.3 is 9.88 Å². The molecule has 140 valence electrons. The summed E-state index contributed by atoms with van der Waals surface area (Å²) in [4.78, 5) is 4.28. The molecule has 1 atom stereocenters. The normalized spacial score (nSPS) is 15.1. The lowest BCUT2D eigenvalue weighted by Crippen LogP contribution is -2.26. The molecule has 0 saturated carbocycles. The molecule has 3 heterocycles. The van der Waals surface area contributed by atoms with Crippen molar-refractivity contribution < 1.29 is 4.39 Å². The van der Waals surface area contributed by atoms with Crippen LogP contribution in [0.5, 0.6) is 0 Å². The summed E-state index contributed by atoms with van der Waals surface area (Å²) >= 11 is 0. The maximum absolute atomic E-state index is 13.3. The van der Waals surface area contributed by atoms with Crippen LogP contribution < -0.4 is 5.32 Å². The fourth-order valence-corrected chi connectivity index (χ4v) is 3.66. The first kappa shape index (κ1) is 17.8. The van der Waals surface area contributed by atoms with Crippen LogP contribution in [0.25, 0.3) is 0 Å². The van der Waals surface area contributed by atoms with Gasteiger partial charge in [0.05, 0.1) is 17.9 Å². The number of halogens is 1. The molecule has 6 heteroatoms. The Morgan fingerprint density at radius 1 is 1.04 bits per heavy atom. The second kappa shape index (κ2) is 8.39. The Morgan fingerprint density at radius 2 is 1.93 bits per heavy atom. The Labute approximate surface area is 158 Å². The van der Waals surface area contributed by atoms with Crippen molar-refractivity contribution in [2.24, 2.45) is 0 Å². The lowest BCUT2D eigenvalue weighted by molar-refractivity contribution is 0.555. The molecule has 0 radical (unpaired) electrons. The van der Waals surface area contributed by atoms with Crippen molar-refractivity contribution in [2.45, 2.75) is 44.7 Å². The standard InChI is InChI=1S/C21H24FN5/c22-17-10-11-18(24-15-17)21(16-7-3-1-4-8-16)23-13-12-20-26-25-19-9-5-2-6-14-27(19)20/h1,3-4,7-8,10-11,15,21,23H,2,5-6,9,12-14H2. The lowest BCUT2D eigenvalue weighted by Gasteiger charge is -2.19. The van der Waals surface area contributed by atoms with Crippen LogP contribution in [0.4, 0.5) is 4.39 Å². The summed E-state index contributed by atoms with van der Waals surface area (Å²) in [6.07, 6.45) is 6.74. The summed E-state index contributed by atoms with van der Waals surface area (Å²) in [6, 6.07) is 13.2. The molecule has 27 heavy (non-hydrogen) atoms. The van der Waals surface area contributed by atoms with Gasteiger partial charge in [0.25, 0.3) is 0 Å². The summed E-state index contributed by atoms with van der Waals surface area (Å²) in [5.41, 5.74) is 1.92. The zero-order valence-corrected chi connectivity index (χ0v) is 15.3. The molecule has 1 N–H and O–H groups in total. The van der Waals surface area contributed by atoms with Gasteiger partial charge in [0.15, 0.2) is 0 Å². The molecule has 3 aromatic rings. The molecule has 1 aliphatic rings. The molecular formula is C21H24FN5. The fraction of sp³-hybridized carbons (Fsp3) is 0.381. The van der Waals surface area contributed by atoms with Crippen LogP contribution >= 0.6 is 0 Å². The molecule has 2 aromatic heterocycles. The summed E-state index contributed by atoms with van der Waals surface area (Å²) < 4.78 is 15.6. The topological polar surface area (TPSA) is 55.6 Å². The number of nitrogens with one attached hydrogen (secondary N) is 1. The van der Waals surface area contributed by atoms with Gasteiger partial charge >= 0.3 is 0 Å². The van der Waals surface area contributed by atoms with Crippen LogP contribution in [-0.2, 0) is 19.4 Å². The highest BCUT2D eigenvalue weighted by Crippen LogP contribution is 2.20. The minimum absolute atomic E-state index is 0.0849. The van der Waals surface area contributed by atoms with Crippen molar-refractivity contribution >= 4 is 0 Å². The van der Waals surface area contributed by atoms with E-state index in [1.54, 1.807) is 6.07 Å². The number of hydrogen-bond acceptors (Lipinski definition) is 4. The number of benzene rings is 1. The van der Waals surface area contributed by atoms with Crippen LogP contribution in [0.2, 0.25) is 0 Å². The van der Waals surface area contributed by atoms with Gasteiger partial charge in [-0.05, 0) is 30.5 Å². The third kappa shape index (κ3) is 4.22.